The lowest BCUT2D eigenvalue weighted by Gasteiger charge is -2.29. The minimum atomic E-state index is -1.23. The standard InChI is InChI=1S/C23H30N4O3/c1-22(2,3)30-21(28)27-13-11-23(29,16-27)10-9-17-7-8-18(24-14-17)19-15-26-12-5-4-6-20(26)25-19/h7-8,14-15,20,25,29H,4-6,11-13,16H2,1-3H3. The molecule has 2 fully saturated rings. The molecule has 0 aliphatic carbocycles. The van der Waals surface area contributed by atoms with E-state index in [1.54, 1.807) is 6.20 Å². The molecule has 0 aromatic carbocycles. The molecule has 1 aromatic heterocycles. The number of β-amino-alcohol motifs (C(OH)–C–C–N with tert-alkyl or cyclic N) is 1. The second-order valence-corrected chi connectivity index (χ2v) is 9.30. The smallest absolute Gasteiger partial charge is 0.410 e. The molecule has 30 heavy (non-hydrogen) atoms. The van der Waals surface area contributed by atoms with Gasteiger partial charge in [0.2, 0.25) is 0 Å². The highest BCUT2D eigenvalue weighted by atomic mass is 16.6. The number of aliphatic hydroxyl groups is 1. The second-order valence-electron chi connectivity index (χ2n) is 9.30. The van der Waals surface area contributed by atoms with Gasteiger partial charge in [-0.05, 0) is 52.2 Å². The molecule has 3 aliphatic rings. The average molecular weight is 411 g/mol. The van der Waals surface area contributed by atoms with E-state index in [1.165, 1.54) is 17.7 Å². The van der Waals surface area contributed by atoms with Crippen LogP contribution in [0.5, 0.6) is 0 Å². The molecule has 7 heteroatoms. The normalized spacial score (nSPS) is 25.7. The van der Waals surface area contributed by atoms with Gasteiger partial charge in [0.1, 0.15) is 11.2 Å². The van der Waals surface area contributed by atoms with Gasteiger partial charge < -0.3 is 25.0 Å². The molecule has 2 N–H and O–H groups in total. The topological polar surface area (TPSA) is 77.9 Å². The van der Waals surface area contributed by atoms with Crippen LogP contribution in [0, 0.1) is 11.8 Å². The van der Waals surface area contributed by atoms with Crippen LogP contribution in [0.25, 0.3) is 5.70 Å². The Kier molecular flexibility index (Phi) is 5.37. The van der Waals surface area contributed by atoms with Gasteiger partial charge in [-0.2, -0.15) is 0 Å². The van der Waals surface area contributed by atoms with Crippen molar-refractivity contribution in [3.05, 3.63) is 35.8 Å². The van der Waals surface area contributed by atoms with Crippen molar-refractivity contribution in [3.8, 4) is 11.8 Å². The van der Waals surface area contributed by atoms with E-state index >= 15 is 0 Å². The van der Waals surface area contributed by atoms with Crippen LogP contribution >= 0.6 is 0 Å². The van der Waals surface area contributed by atoms with Gasteiger partial charge in [-0.3, -0.25) is 4.98 Å². The maximum atomic E-state index is 12.2. The van der Waals surface area contributed by atoms with E-state index in [1.807, 2.05) is 32.9 Å². The zero-order valence-electron chi connectivity index (χ0n) is 17.9. The Morgan fingerprint density at radius 3 is 2.87 bits per heavy atom. The quantitative estimate of drug-likeness (QED) is 0.693. The number of carbonyl (C=O) groups is 1. The number of likely N-dealkylation sites (tertiary alicyclic amines) is 1. The lowest BCUT2D eigenvalue weighted by molar-refractivity contribution is 0.0239. The highest BCUT2D eigenvalue weighted by Gasteiger charge is 2.38. The van der Waals surface area contributed by atoms with Gasteiger partial charge in [-0.15, -0.1) is 0 Å². The molecule has 1 amide bonds. The fourth-order valence-electron chi connectivity index (χ4n) is 3.98. The number of pyridine rings is 1. The molecule has 0 bridgehead atoms. The number of carbonyl (C=O) groups excluding carboxylic acids is 1. The number of nitrogens with one attached hydrogen (secondary N) is 1. The fraction of sp³-hybridized carbons (Fsp3) is 0.565. The predicted molar refractivity (Wildman–Crippen MR) is 114 cm³/mol. The van der Waals surface area contributed by atoms with Crippen molar-refractivity contribution in [1.82, 2.24) is 20.1 Å². The molecular weight excluding hydrogens is 380 g/mol. The van der Waals surface area contributed by atoms with Crippen LogP contribution in [0.3, 0.4) is 0 Å². The molecule has 4 heterocycles. The number of piperidine rings is 1. The molecule has 0 spiro atoms. The molecule has 2 atom stereocenters. The number of fused-ring (bicyclic) bond motifs is 1. The summed E-state index contributed by atoms with van der Waals surface area (Å²) in [5, 5.41) is 14.3. The zero-order chi connectivity index (χ0) is 21.4. The summed E-state index contributed by atoms with van der Waals surface area (Å²) in [5.74, 6) is 5.94. The first-order valence-corrected chi connectivity index (χ1v) is 10.6. The minimum Gasteiger partial charge on any atom is -0.444 e. The Morgan fingerprint density at radius 1 is 1.33 bits per heavy atom. The molecule has 7 nitrogen and oxygen atoms in total. The molecule has 2 unspecified atom stereocenters. The summed E-state index contributed by atoms with van der Waals surface area (Å²) in [5.41, 5.74) is 0.886. The Bertz CT molecular complexity index is 894. The van der Waals surface area contributed by atoms with E-state index in [9.17, 15) is 9.90 Å². The van der Waals surface area contributed by atoms with Crippen molar-refractivity contribution in [2.75, 3.05) is 19.6 Å². The molecule has 1 aromatic rings. The van der Waals surface area contributed by atoms with Crippen molar-refractivity contribution in [3.63, 3.8) is 0 Å². The maximum absolute atomic E-state index is 12.2. The second kappa shape index (κ2) is 7.84. The van der Waals surface area contributed by atoms with E-state index < -0.39 is 17.3 Å². The van der Waals surface area contributed by atoms with E-state index in [2.05, 4.69) is 33.2 Å². The van der Waals surface area contributed by atoms with Crippen molar-refractivity contribution < 1.29 is 14.6 Å². The Hall–Kier alpha value is -2.72. The zero-order valence-corrected chi connectivity index (χ0v) is 17.9. The third-order valence-corrected chi connectivity index (χ3v) is 5.54. The highest BCUT2D eigenvalue weighted by Crippen LogP contribution is 2.26. The number of ether oxygens (including phenoxy) is 1. The third-order valence-electron chi connectivity index (χ3n) is 5.54. The van der Waals surface area contributed by atoms with Gasteiger partial charge in [0.25, 0.3) is 0 Å². The van der Waals surface area contributed by atoms with Gasteiger partial charge >= 0.3 is 6.09 Å². The molecule has 160 valence electrons. The number of hydrogen-bond acceptors (Lipinski definition) is 6. The third kappa shape index (κ3) is 4.71. The van der Waals surface area contributed by atoms with E-state index in [0.29, 0.717) is 19.1 Å². The van der Waals surface area contributed by atoms with E-state index in [0.717, 1.165) is 29.9 Å². The lowest BCUT2D eigenvalue weighted by Crippen LogP contribution is -2.39. The Labute approximate surface area is 178 Å². The monoisotopic (exact) mass is 410 g/mol. The van der Waals surface area contributed by atoms with Gasteiger partial charge in [0.05, 0.1) is 24.1 Å². The maximum Gasteiger partial charge on any atom is 0.410 e. The van der Waals surface area contributed by atoms with Crippen LogP contribution in [0.1, 0.15) is 57.7 Å². The van der Waals surface area contributed by atoms with Crippen molar-refractivity contribution >= 4 is 11.8 Å². The lowest BCUT2D eigenvalue weighted by atomic mass is 10.0. The molecule has 0 saturated carbocycles. The van der Waals surface area contributed by atoms with Gasteiger partial charge in [0.15, 0.2) is 0 Å². The van der Waals surface area contributed by atoms with E-state index in [4.69, 9.17) is 4.74 Å². The van der Waals surface area contributed by atoms with Crippen LogP contribution in [0.15, 0.2) is 24.5 Å². The minimum absolute atomic E-state index is 0.147. The number of rotatable bonds is 1. The number of amides is 1. The van der Waals surface area contributed by atoms with Gasteiger partial charge in [-0.1, -0.05) is 11.8 Å². The van der Waals surface area contributed by atoms with Crippen LogP contribution in [-0.4, -0.2) is 63.0 Å². The molecule has 0 radical (unpaired) electrons. The van der Waals surface area contributed by atoms with Crippen LogP contribution in [-0.2, 0) is 4.74 Å². The number of hydrogen-bond donors (Lipinski definition) is 2. The van der Waals surface area contributed by atoms with Crippen molar-refractivity contribution in [2.24, 2.45) is 0 Å². The first-order chi connectivity index (χ1) is 14.2. The predicted octanol–water partition coefficient (Wildman–Crippen LogP) is 2.52. The van der Waals surface area contributed by atoms with Crippen LogP contribution in [0.4, 0.5) is 4.79 Å². The molecule has 3 aliphatic heterocycles. The SMILES string of the molecule is CC(C)(C)OC(=O)N1CCC(O)(C#Cc2ccc(C3=CN4CCCCC4N3)nc2)C1. The summed E-state index contributed by atoms with van der Waals surface area (Å²) in [6.07, 6.45) is 7.90. The number of nitrogens with zero attached hydrogens (tertiary/aromatic N) is 3. The van der Waals surface area contributed by atoms with Crippen LogP contribution in [0.2, 0.25) is 0 Å². The van der Waals surface area contributed by atoms with E-state index in [-0.39, 0.29) is 6.54 Å². The Balaban J connectivity index is 1.38. The summed E-state index contributed by atoms with van der Waals surface area (Å²) in [4.78, 5) is 20.6. The van der Waals surface area contributed by atoms with Gasteiger partial charge in [0, 0.05) is 37.5 Å². The first kappa shape index (κ1) is 20.5. The highest BCUT2D eigenvalue weighted by molar-refractivity contribution is 5.69. The first-order valence-electron chi connectivity index (χ1n) is 10.6. The summed E-state index contributed by atoms with van der Waals surface area (Å²) in [7, 11) is 0. The average Bonchev–Trinajstić information content (AvgIpc) is 3.30. The summed E-state index contributed by atoms with van der Waals surface area (Å²) in [6.45, 7) is 7.14. The molecule has 4 rings (SSSR count). The largest absolute Gasteiger partial charge is 0.444 e. The summed E-state index contributed by atoms with van der Waals surface area (Å²) >= 11 is 0. The van der Waals surface area contributed by atoms with Crippen molar-refractivity contribution in [1.29, 1.82) is 0 Å². The summed E-state index contributed by atoms with van der Waals surface area (Å²) in [6, 6.07) is 3.87. The Morgan fingerprint density at radius 2 is 2.17 bits per heavy atom. The molecule has 2 saturated heterocycles. The summed E-state index contributed by atoms with van der Waals surface area (Å²) < 4.78 is 5.38. The fourth-order valence-corrected chi connectivity index (χ4v) is 3.98. The van der Waals surface area contributed by atoms with Crippen molar-refractivity contribution in [2.45, 2.75) is 63.8 Å². The van der Waals surface area contributed by atoms with Gasteiger partial charge in [-0.25, -0.2) is 4.79 Å². The van der Waals surface area contributed by atoms with Crippen LogP contribution < -0.4 is 5.32 Å². The molecular formula is C23H30N4O3. The number of aromatic nitrogens is 1.